The van der Waals surface area contributed by atoms with E-state index in [0.29, 0.717) is 5.13 Å². The van der Waals surface area contributed by atoms with Crippen LogP contribution in [-0.4, -0.2) is 10.9 Å². The molecular formula is C16H16N2O2S. The van der Waals surface area contributed by atoms with Crippen molar-refractivity contribution in [1.82, 2.24) is 4.98 Å². The Morgan fingerprint density at radius 3 is 2.86 bits per heavy atom. The molecule has 0 bridgehead atoms. The number of aryl methyl sites for hydroxylation is 3. The minimum atomic E-state index is -0.0784. The average molecular weight is 300 g/mol. The van der Waals surface area contributed by atoms with E-state index in [1.165, 1.54) is 16.9 Å². The Labute approximate surface area is 126 Å². The van der Waals surface area contributed by atoms with Crippen LogP contribution in [-0.2, 0) is 11.2 Å². The number of fused-ring (bicyclic) bond motifs is 1. The number of thiazole rings is 1. The van der Waals surface area contributed by atoms with Crippen LogP contribution in [0.3, 0.4) is 0 Å². The standard InChI is InChI=1S/C16H16N2O2S/c1-9-4-5-13-12(7-20-15(13)11(9)3)6-14(19)18-16-17-10(2)8-21-16/h4-5,7-8H,6H2,1-3H3,(H,17,18,19). The van der Waals surface area contributed by atoms with E-state index in [-0.39, 0.29) is 12.3 Å². The second kappa shape index (κ2) is 5.33. The largest absolute Gasteiger partial charge is 0.464 e. The van der Waals surface area contributed by atoms with E-state index in [1.807, 2.05) is 25.3 Å². The maximum atomic E-state index is 12.1. The van der Waals surface area contributed by atoms with Crippen molar-refractivity contribution >= 4 is 33.3 Å². The zero-order valence-electron chi connectivity index (χ0n) is 12.2. The minimum absolute atomic E-state index is 0.0784. The lowest BCUT2D eigenvalue weighted by atomic mass is 10.0. The Morgan fingerprint density at radius 2 is 2.14 bits per heavy atom. The van der Waals surface area contributed by atoms with Gasteiger partial charge in [-0.05, 0) is 31.9 Å². The highest BCUT2D eigenvalue weighted by molar-refractivity contribution is 7.13. The lowest BCUT2D eigenvalue weighted by Crippen LogP contribution is -2.14. The Bertz CT molecular complexity index is 817. The van der Waals surface area contributed by atoms with Gasteiger partial charge in [0.05, 0.1) is 18.4 Å². The van der Waals surface area contributed by atoms with Crippen LogP contribution in [0.15, 0.2) is 28.2 Å². The van der Waals surface area contributed by atoms with Gasteiger partial charge in [-0.1, -0.05) is 12.1 Å². The zero-order valence-corrected chi connectivity index (χ0v) is 13.0. The average Bonchev–Trinajstić information content (AvgIpc) is 3.01. The zero-order chi connectivity index (χ0) is 15.0. The molecule has 21 heavy (non-hydrogen) atoms. The molecule has 2 aromatic heterocycles. The number of rotatable bonds is 3. The SMILES string of the molecule is Cc1csc(NC(=O)Cc2coc3c(C)c(C)ccc23)n1. The van der Waals surface area contributed by atoms with Gasteiger partial charge < -0.3 is 9.73 Å². The highest BCUT2D eigenvalue weighted by Crippen LogP contribution is 2.27. The summed E-state index contributed by atoms with van der Waals surface area (Å²) in [5.41, 5.74) is 4.98. The lowest BCUT2D eigenvalue weighted by molar-refractivity contribution is -0.115. The summed E-state index contributed by atoms with van der Waals surface area (Å²) in [6, 6.07) is 4.07. The van der Waals surface area contributed by atoms with Gasteiger partial charge in [0.2, 0.25) is 5.91 Å². The highest BCUT2D eigenvalue weighted by Gasteiger charge is 2.13. The first-order valence-electron chi connectivity index (χ1n) is 6.73. The number of furan rings is 1. The topological polar surface area (TPSA) is 55.1 Å². The van der Waals surface area contributed by atoms with E-state index in [1.54, 1.807) is 6.26 Å². The third-order valence-electron chi connectivity index (χ3n) is 3.56. The smallest absolute Gasteiger partial charge is 0.230 e. The second-order valence-electron chi connectivity index (χ2n) is 5.16. The Balaban J connectivity index is 1.82. The van der Waals surface area contributed by atoms with Crippen LogP contribution < -0.4 is 5.32 Å². The molecule has 1 N–H and O–H groups in total. The molecule has 4 nitrogen and oxygen atoms in total. The molecule has 108 valence electrons. The van der Waals surface area contributed by atoms with Crippen LogP contribution in [0.4, 0.5) is 5.13 Å². The summed E-state index contributed by atoms with van der Waals surface area (Å²) >= 11 is 1.43. The third kappa shape index (κ3) is 2.69. The molecule has 0 spiro atoms. The van der Waals surface area contributed by atoms with E-state index in [4.69, 9.17) is 4.42 Å². The Kier molecular flexibility index (Phi) is 3.51. The fourth-order valence-corrected chi connectivity index (χ4v) is 2.98. The molecule has 3 aromatic rings. The molecule has 0 fully saturated rings. The van der Waals surface area contributed by atoms with Gasteiger partial charge in [-0.2, -0.15) is 0 Å². The van der Waals surface area contributed by atoms with E-state index < -0.39 is 0 Å². The molecule has 0 aliphatic carbocycles. The molecule has 0 aliphatic heterocycles. The molecule has 0 saturated carbocycles. The number of aromatic nitrogens is 1. The van der Waals surface area contributed by atoms with Crippen molar-refractivity contribution in [3.8, 4) is 0 Å². The number of nitrogens with zero attached hydrogens (tertiary/aromatic N) is 1. The third-order valence-corrected chi connectivity index (χ3v) is 4.43. The van der Waals surface area contributed by atoms with Gasteiger partial charge >= 0.3 is 0 Å². The van der Waals surface area contributed by atoms with E-state index in [9.17, 15) is 4.79 Å². The van der Waals surface area contributed by atoms with Crippen LogP contribution in [0.2, 0.25) is 0 Å². The summed E-state index contributed by atoms with van der Waals surface area (Å²) in [5.74, 6) is -0.0784. The Hall–Kier alpha value is -2.14. The monoisotopic (exact) mass is 300 g/mol. The van der Waals surface area contributed by atoms with Crippen molar-refractivity contribution < 1.29 is 9.21 Å². The molecule has 0 aliphatic rings. The molecule has 0 unspecified atom stereocenters. The molecule has 0 radical (unpaired) electrons. The maximum Gasteiger partial charge on any atom is 0.230 e. The number of carbonyl (C=O) groups is 1. The van der Waals surface area contributed by atoms with E-state index in [2.05, 4.69) is 23.3 Å². The van der Waals surface area contributed by atoms with E-state index in [0.717, 1.165) is 27.8 Å². The fraction of sp³-hybridized carbons (Fsp3) is 0.250. The molecule has 1 amide bonds. The normalized spacial score (nSPS) is 11.0. The first-order valence-corrected chi connectivity index (χ1v) is 7.61. The van der Waals surface area contributed by atoms with Crippen molar-refractivity contribution in [3.05, 3.63) is 46.2 Å². The van der Waals surface area contributed by atoms with Crippen molar-refractivity contribution in [3.63, 3.8) is 0 Å². The lowest BCUT2D eigenvalue weighted by Gasteiger charge is -2.02. The van der Waals surface area contributed by atoms with Crippen LogP contribution >= 0.6 is 11.3 Å². The number of carbonyl (C=O) groups excluding carboxylic acids is 1. The second-order valence-corrected chi connectivity index (χ2v) is 6.02. The predicted molar refractivity (Wildman–Crippen MR) is 84.9 cm³/mol. The molecular weight excluding hydrogens is 284 g/mol. The summed E-state index contributed by atoms with van der Waals surface area (Å²) in [6.45, 7) is 5.98. The van der Waals surface area contributed by atoms with Crippen LogP contribution in [0.1, 0.15) is 22.4 Å². The Morgan fingerprint density at radius 1 is 1.33 bits per heavy atom. The first kappa shape index (κ1) is 13.8. The number of anilines is 1. The number of nitrogens with one attached hydrogen (secondary N) is 1. The number of hydrogen-bond donors (Lipinski definition) is 1. The van der Waals surface area contributed by atoms with Gasteiger partial charge in [0, 0.05) is 16.3 Å². The number of amides is 1. The fourth-order valence-electron chi connectivity index (χ4n) is 2.27. The quantitative estimate of drug-likeness (QED) is 0.795. The van der Waals surface area contributed by atoms with Gasteiger partial charge in [0.1, 0.15) is 5.58 Å². The predicted octanol–water partition coefficient (Wildman–Crippen LogP) is 4.00. The van der Waals surface area contributed by atoms with Crippen molar-refractivity contribution in [1.29, 1.82) is 0 Å². The number of hydrogen-bond acceptors (Lipinski definition) is 4. The van der Waals surface area contributed by atoms with Gasteiger partial charge in [0.15, 0.2) is 5.13 Å². The summed E-state index contributed by atoms with van der Waals surface area (Å²) in [5, 5.41) is 6.37. The summed E-state index contributed by atoms with van der Waals surface area (Å²) in [4.78, 5) is 16.3. The van der Waals surface area contributed by atoms with Gasteiger partial charge in [-0.15, -0.1) is 11.3 Å². The summed E-state index contributed by atoms with van der Waals surface area (Å²) in [6.07, 6.45) is 1.96. The molecule has 5 heteroatoms. The van der Waals surface area contributed by atoms with Gasteiger partial charge in [0.25, 0.3) is 0 Å². The van der Waals surface area contributed by atoms with Gasteiger partial charge in [-0.3, -0.25) is 4.79 Å². The van der Waals surface area contributed by atoms with Crippen LogP contribution in [0.25, 0.3) is 11.0 Å². The summed E-state index contributed by atoms with van der Waals surface area (Å²) in [7, 11) is 0. The van der Waals surface area contributed by atoms with Crippen molar-refractivity contribution in [2.75, 3.05) is 5.32 Å². The number of benzene rings is 1. The first-order chi connectivity index (χ1) is 10.0. The van der Waals surface area contributed by atoms with E-state index >= 15 is 0 Å². The molecule has 2 heterocycles. The highest BCUT2D eigenvalue weighted by atomic mass is 32.1. The molecule has 0 saturated heterocycles. The summed E-state index contributed by atoms with van der Waals surface area (Å²) < 4.78 is 5.62. The minimum Gasteiger partial charge on any atom is -0.464 e. The van der Waals surface area contributed by atoms with Crippen LogP contribution in [0.5, 0.6) is 0 Å². The van der Waals surface area contributed by atoms with Crippen molar-refractivity contribution in [2.45, 2.75) is 27.2 Å². The molecule has 0 atom stereocenters. The van der Waals surface area contributed by atoms with Gasteiger partial charge in [-0.25, -0.2) is 4.98 Å². The molecule has 3 rings (SSSR count). The maximum absolute atomic E-state index is 12.1. The molecule has 1 aromatic carbocycles. The van der Waals surface area contributed by atoms with Crippen molar-refractivity contribution in [2.24, 2.45) is 0 Å². The van der Waals surface area contributed by atoms with Crippen LogP contribution in [0, 0.1) is 20.8 Å².